The molecule has 1 heterocycles. The number of nitrogens with one attached hydrogen (secondary N) is 2. The highest BCUT2D eigenvalue weighted by atomic mass is 32.2. The van der Waals surface area contributed by atoms with Crippen molar-refractivity contribution in [1.82, 2.24) is 4.98 Å². The lowest BCUT2D eigenvalue weighted by atomic mass is 10.1. The molecule has 0 fully saturated rings. The number of aromatic nitrogens is 1. The van der Waals surface area contributed by atoms with Crippen LogP contribution in [0.1, 0.15) is 16.7 Å². The highest BCUT2D eigenvalue weighted by Crippen LogP contribution is 2.29. The van der Waals surface area contributed by atoms with Crippen molar-refractivity contribution in [2.24, 2.45) is 0 Å². The van der Waals surface area contributed by atoms with Crippen LogP contribution in [-0.4, -0.2) is 13.4 Å². The molecule has 3 rings (SSSR count). The number of rotatable bonds is 3. The molecule has 23 heavy (non-hydrogen) atoms. The Bertz CT molecular complexity index is 1040. The van der Waals surface area contributed by atoms with E-state index in [9.17, 15) is 8.42 Å². The third kappa shape index (κ3) is 2.67. The van der Waals surface area contributed by atoms with Gasteiger partial charge in [0.05, 0.1) is 27.7 Å². The number of fused-ring (bicyclic) bond motifs is 1. The summed E-state index contributed by atoms with van der Waals surface area (Å²) >= 11 is 0. The number of nitriles is 1. The molecule has 5 nitrogen and oxygen atoms in total. The average Bonchev–Trinajstić information content (AvgIpc) is 2.93. The Kier molecular flexibility index (Phi) is 3.58. The van der Waals surface area contributed by atoms with Crippen LogP contribution in [0.2, 0.25) is 0 Å². The van der Waals surface area contributed by atoms with Gasteiger partial charge < -0.3 is 4.98 Å². The minimum absolute atomic E-state index is 0.0635. The van der Waals surface area contributed by atoms with Crippen molar-refractivity contribution in [3.8, 4) is 6.07 Å². The summed E-state index contributed by atoms with van der Waals surface area (Å²) in [5, 5.41) is 9.93. The number of aromatic amines is 1. The zero-order valence-corrected chi connectivity index (χ0v) is 13.5. The number of H-pyrrole nitrogens is 1. The Morgan fingerprint density at radius 3 is 2.65 bits per heavy atom. The molecule has 0 saturated heterocycles. The molecule has 2 aromatic carbocycles. The van der Waals surface area contributed by atoms with E-state index in [-0.39, 0.29) is 4.90 Å². The Morgan fingerprint density at radius 1 is 1.13 bits per heavy atom. The van der Waals surface area contributed by atoms with Crippen LogP contribution in [0, 0.1) is 25.2 Å². The summed E-state index contributed by atoms with van der Waals surface area (Å²) < 4.78 is 27.7. The van der Waals surface area contributed by atoms with E-state index in [1.165, 1.54) is 12.1 Å². The zero-order valence-electron chi connectivity index (χ0n) is 12.7. The molecule has 6 heteroatoms. The first kappa shape index (κ1) is 15.1. The van der Waals surface area contributed by atoms with Crippen molar-refractivity contribution in [2.45, 2.75) is 18.7 Å². The van der Waals surface area contributed by atoms with Gasteiger partial charge in [-0.1, -0.05) is 12.1 Å². The van der Waals surface area contributed by atoms with Gasteiger partial charge in [0.15, 0.2) is 0 Å². The molecule has 0 radical (unpaired) electrons. The number of aryl methyl sites for hydroxylation is 2. The second kappa shape index (κ2) is 5.45. The second-order valence-electron chi connectivity index (χ2n) is 5.40. The Labute approximate surface area is 134 Å². The van der Waals surface area contributed by atoms with Crippen LogP contribution >= 0.6 is 0 Å². The maximum Gasteiger partial charge on any atom is 0.262 e. The van der Waals surface area contributed by atoms with E-state index < -0.39 is 10.0 Å². The van der Waals surface area contributed by atoms with Crippen molar-refractivity contribution in [1.29, 1.82) is 5.26 Å². The lowest BCUT2D eigenvalue weighted by Gasteiger charge is -2.10. The van der Waals surface area contributed by atoms with E-state index in [1.807, 2.05) is 32.2 Å². The van der Waals surface area contributed by atoms with Crippen molar-refractivity contribution in [3.63, 3.8) is 0 Å². The summed E-state index contributed by atoms with van der Waals surface area (Å²) in [6.45, 7) is 3.96. The third-order valence-corrected chi connectivity index (χ3v) is 5.12. The molecule has 0 saturated carbocycles. The third-order valence-electron chi connectivity index (χ3n) is 3.76. The largest absolute Gasteiger partial charge is 0.359 e. The average molecular weight is 325 g/mol. The van der Waals surface area contributed by atoms with Crippen LogP contribution < -0.4 is 4.72 Å². The lowest BCUT2D eigenvalue weighted by Crippen LogP contribution is -2.13. The first-order valence-corrected chi connectivity index (χ1v) is 8.51. The van der Waals surface area contributed by atoms with Gasteiger partial charge >= 0.3 is 0 Å². The van der Waals surface area contributed by atoms with E-state index in [0.717, 1.165) is 22.0 Å². The molecule has 116 valence electrons. The number of benzene rings is 2. The molecule has 2 N–H and O–H groups in total. The molecule has 0 amide bonds. The van der Waals surface area contributed by atoms with Gasteiger partial charge in [0.2, 0.25) is 0 Å². The van der Waals surface area contributed by atoms with E-state index in [4.69, 9.17) is 5.26 Å². The van der Waals surface area contributed by atoms with Crippen molar-refractivity contribution >= 4 is 26.6 Å². The minimum Gasteiger partial charge on any atom is -0.359 e. The summed E-state index contributed by atoms with van der Waals surface area (Å²) in [7, 11) is -3.76. The van der Waals surface area contributed by atoms with Gasteiger partial charge in [0.1, 0.15) is 0 Å². The number of nitrogens with zero attached hydrogens (tertiary/aromatic N) is 1. The minimum atomic E-state index is -3.76. The highest BCUT2D eigenvalue weighted by Gasteiger charge is 2.17. The number of anilines is 1. The van der Waals surface area contributed by atoms with E-state index in [2.05, 4.69) is 9.71 Å². The van der Waals surface area contributed by atoms with Gasteiger partial charge in [0.25, 0.3) is 10.0 Å². The fourth-order valence-corrected chi connectivity index (χ4v) is 3.76. The second-order valence-corrected chi connectivity index (χ2v) is 7.08. The normalized spacial score (nSPS) is 11.3. The molecular weight excluding hydrogens is 310 g/mol. The standard InChI is InChI=1S/C17H15N3O2S/c1-11-6-7-15(17-16(11)12(2)10-19-17)20-23(21,22)14-5-3-4-13(8-14)9-18/h3-8,10,19-20H,1-2H3. The smallest absolute Gasteiger partial charge is 0.262 e. The van der Waals surface area contributed by atoms with Crippen LogP contribution in [0.3, 0.4) is 0 Å². The van der Waals surface area contributed by atoms with Gasteiger partial charge in [-0.25, -0.2) is 8.42 Å². The molecule has 0 aliphatic rings. The first-order chi connectivity index (χ1) is 10.9. The predicted octanol–water partition coefficient (Wildman–Crippen LogP) is 3.46. The first-order valence-electron chi connectivity index (χ1n) is 7.02. The Morgan fingerprint density at radius 2 is 1.91 bits per heavy atom. The molecule has 1 aromatic heterocycles. The van der Waals surface area contributed by atoms with Crippen LogP contribution in [0.4, 0.5) is 5.69 Å². The van der Waals surface area contributed by atoms with Crippen molar-refractivity contribution in [3.05, 3.63) is 59.3 Å². The van der Waals surface area contributed by atoms with Gasteiger partial charge in [-0.2, -0.15) is 5.26 Å². The summed E-state index contributed by atoms with van der Waals surface area (Å²) in [6.07, 6.45) is 1.85. The van der Waals surface area contributed by atoms with Crippen LogP contribution in [-0.2, 0) is 10.0 Å². The zero-order chi connectivity index (χ0) is 16.6. The summed E-state index contributed by atoms with van der Waals surface area (Å²) in [6, 6.07) is 11.5. The monoisotopic (exact) mass is 325 g/mol. The van der Waals surface area contributed by atoms with Crippen LogP contribution in [0.15, 0.2) is 47.5 Å². The van der Waals surface area contributed by atoms with Crippen LogP contribution in [0.25, 0.3) is 10.9 Å². The fraction of sp³-hybridized carbons (Fsp3) is 0.118. The number of hydrogen-bond acceptors (Lipinski definition) is 3. The predicted molar refractivity (Wildman–Crippen MR) is 89.7 cm³/mol. The topological polar surface area (TPSA) is 85.8 Å². The van der Waals surface area contributed by atoms with E-state index in [1.54, 1.807) is 18.2 Å². The van der Waals surface area contributed by atoms with E-state index >= 15 is 0 Å². The van der Waals surface area contributed by atoms with Gasteiger partial charge in [-0.05, 0) is 49.2 Å². The molecule has 0 unspecified atom stereocenters. The SMILES string of the molecule is Cc1ccc(NS(=O)(=O)c2cccc(C#N)c2)c2[nH]cc(C)c12. The Balaban J connectivity index is 2.08. The number of hydrogen-bond donors (Lipinski definition) is 2. The van der Waals surface area contributed by atoms with E-state index in [0.29, 0.717) is 11.3 Å². The quantitative estimate of drug-likeness (QED) is 0.773. The maximum atomic E-state index is 12.6. The summed E-state index contributed by atoms with van der Waals surface area (Å²) in [5.74, 6) is 0. The Hall–Kier alpha value is -2.78. The van der Waals surface area contributed by atoms with Crippen LogP contribution in [0.5, 0.6) is 0 Å². The maximum absolute atomic E-state index is 12.6. The van der Waals surface area contributed by atoms with Gasteiger partial charge in [0, 0.05) is 11.6 Å². The molecule has 3 aromatic rings. The molecular formula is C17H15N3O2S. The van der Waals surface area contributed by atoms with Gasteiger partial charge in [-0.15, -0.1) is 0 Å². The fourth-order valence-electron chi connectivity index (χ4n) is 2.64. The van der Waals surface area contributed by atoms with Gasteiger partial charge in [-0.3, -0.25) is 4.72 Å². The molecule has 0 atom stereocenters. The lowest BCUT2D eigenvalue weighted by molar-refractivity contribution is 0.601. The number of sulfonamides is 1. The molecule has 0 bridgehead atoms. The summed E-state index contributed by atoms with van der Waals surface area (Å²) in [4.78, 5) is 3.18. The summed E-state index contributed by atoms with van der Waals surface area (Å²) in [5.41, 5.74) is 3.68. The molecule has 0 aliphatic carbocycles. The molecule has 0 spiro atoms. The highest BCUT2D eigenvalue weighted by molar-refractivity contribution is 7.92. The molecule has 0 aliphatic heterocycles. The van der Waals surface area contributed by atoms with Crippen molar-refractivity contribution < 1.29 is 8.42 Å². The van der Waals surface area contributed by atoms with Crippen molar-refractivity contribution in [2.75, 3.05) is 4.72 Å².